The van der Waals surface area contributed by atoms with E-state index >= 15 is 0 Å². The summed E-state index contributed by atoms with van der Waals surface area (Å²) in [5.41, 5.74) is 1.37. The van der Waals surface area contributed by atoms with E-state index in [1.165, 1.54) is 22.1 Å². The lowest BCUT2D eigenvalue weighted by molar-refractivity contribution is -0.132. The molecule has 0 N–H and O–H groups in total. The summed E-state index contributed by atoms with van der Waals surface area (Å²) >= 11 is 1.77. The second kappa shape index (κ2) is 7.38. The third kappa shape index (κ3) is 3.19. The van der Waals surface area contributed by atoms with Gasteiger partial charge in [-0.05, 0) is 36.3 Å². The smallest absolute Gasteiger partial charge is 0.332 e. The molecule has 9 heteroatoms. The molecule has 28 heavy (non-hydrogen) atoms. The van der Waals surface area contributed by atoms with Crippen LogP contribution in [0.1, 0.15) is 29.7 Å². The molecule has 0 fully saturated rings. The van der Waals surface area contributed by atoms with Crippen molar-refractivity contribution in [1.29, 1.82) is 0 Å². The molecule has 0 spiro atoms. The second-order valence-electron chi connectivity index (χ2n) is 7.21. The predicted molar refractivity (Wildman–Crippen MR) is 108 cm³/mol. The third-order valence-electron chi connectivity index (χ3n) is 5.42. The molecular formula is C19H23N5O3S. The lowest BCUT2D eigenvalue weighted by Gasteiger charge is -2.27. The van der Waals surface area contributed by atoms with E-state index in [-0.39, 0.29) is 17.2 Å². The Labute approximate surface area is 165 Å². The Morgan fingerprint density at radius 1 is 1.21 bits per heavy atom. The molecule has 1 aliphatic rings. The zero-order valence-corrected chi connectivity index (χ0v) is 16.9. The van der Waals surface area contributed by atoms with Crippen LogP contribution in [0.4, 0.5) is 0 Å². The number of hydrogen-bond acceptors (Lipinski definition) is 5. The Hall–Kier alpha value is -2.68. The van der Waals surface area contributed by atoms with Gasteiger partial charge in [0.2, 0.25) is 5.91 Å². The van der Waals surface area contributed by atoms with Gasteiger partial charge in [0.15, 0.2) is 11.2 Å². The molecule has 0 atom stereocenters. The van der Waals surface area contributed by atoms with E-state index in [2.05, 4.69) is 16.4 Å². The molecule has 0 aromatic carbocycles. The van der Waals surface area contributed by atoms with Gasteiger partial charge in [-0.25, -0.2) is 9.78 Å². The number of nitrogens with zero attached hydrogens (tertiary/aromatic N) is 5. The first-order valence-electron chi connectivity index (χ1n) is 9.41. The molecule has 4 rings (SSSR count). The monoisotopic (exact) mass is 401 g/mol. The summed E-state index contributed by atoms with van der Waals surface area (Å²) in [6.07, 6.45) is 4.55. The highest BCUT2D eigenvalue weighted by atomic mass is 32.1. The standard InChI is InChI=1S/C19H23N5O3S/c1-21-17-16(18(26)22(2)19(21)27)24(12-20-17)8-4-3-5-15(25)23-9-6-14-13(11-23)7-10-28-14/h7,10,12H,3-6,8-9,11H2,1-2H3. The number of amides is 1. The number of aryl methyl sites for hydroxylation is 2. The van der Waals surface area contributed by atoms with Crippen LogP contribution < -0.4 is 11.2 Å². The molecule has 1 aliphatic heterocycles. The first kappa shape index (κ1) is 18.7. The average molecular weight is 401 g/mol. The minimum Gasteiger partial charge on any atom is -0.338 e. The Morgan fingerprint density at radius 3 is 2.86 bits per heavy atom. The normalized spacial score (nSPS) is 13.9. The zero-order chi connectivity index (χ0) is 19.8. The van der Waals surface area contributed by atoms with Gasteiger partial charge in [-0.15, -0.1) is 11.3 Å². The van der Waals surface area contributed by atoms with E-state index in [1.807, 2.05) is 4.90 Å². The first-order valence-corrected chi connectivity index (χ1v) is 10.3. The van der Waals surface area contributed by atoms with Crippen LogP contribution in [-0.2, 0) is 38.4 Å². The summed E-state index contributed by atoms with van der Waals surface area (Å²) in [6, 6.07) is 2.11. The average Bonchev–Trinajstić information content (AvgIpc) is 3.34. The summed E-state index contributed by atoms with van der Waals surface area (Å²) in [5, 5.41) is 2.09. The fourth-order valence-corrected chi connectivity index (χ4v) is 4.63. The van der Waals surface area contributed by atoms with Crippen molar-refractivity contribution in [2.45, 2.75) is 38.8 Å². The number of aromatic nitrogens is 4. The van der Waals surface area contributed by atoms with Crippen molar-refractivity contribution in [3.8, 4) is 0 Å². The van der Waals surface area contributed by atoms with Crippen LogP contribution in [0.25, 0.3) is 11.2 Å². The molecule has 1 amide bonds. The number of thiophene rings is 1. The van der Waals surface area contributed by atoms with E-state index in [0.29, 0.717) is 30.7 Å². The number of imidazole rings is 1. The lowest BCUT2D eigenvalue weighted by atomic mass is 10.1. The highest BCUT2D eigenvalue weighted by molar-refractivity contribution is 7.10. The van der Waals surface area contributed by atoms with E-state index in [9.17, 15) is 14.4 Å². The topological polar surface area (TPSA) is 82.1 Å². The van der Waals surface area contributed by atoms with Crippen LogP contribution in [0, 0.1) is 0 Å². The minimum atomic E-state index is -0.386. The van der Waals surface area contributed by atoms with Gasteiger partial charge in [0.25, 0.3) is 5.56 Å². The van der Waals surface area contributed by atoms with Gasteiger partial charge in [-0.3, -0.25) is 18.7 Å². The van der Waals surface area contributed by atoms with Crippen LogP contribution in [0.15, 0.2) is 27.4 Å². The molecule has 4 heterocycles. The van der Waals surface area contributed by atoms with E-state index in [0.717, 1.165) is 30.4 Å². The van der Waals surface area contributed by atoms with Crippen molar-refractivity contribution in [1.82, 2.24) is 23.6 Å². The largest absolute Gasteiger partial charge is 0.338 e. The summed E-state index contributed by atoms with van der Waals surface area (Å²) < 4.78 is 4.25. The fraction of sp³-hybridized carbons (Fsp3) is 0.474. The van der Waals surface area contributed by atoms with E-state index in [4.69, 9.17) is 0 Å². The number of hydrogen-bond donors (Lipinski definition) is 0. The van der Waals surface area contributed by atoms with Crippen molar-refractivity contribution < 1.29 is 4.79 Å². The highest BCUT2D eigenvalue weighted by Crippen LogP contribution is 2.24. The maximum atomic E-state index is 12.5. The Kier molecular flexibility index (Phi) is 4.92. The molecule has 0 bridgehead atoms. The number of rotatable bonds is 5. The van der Waals surface area contributed by atoms with Crippen LogP contribution in [-0.4, -0.2) is 36.0 Å². The summed E-state index contributed by atoms with van der Waals surface area (Å²) in [7, 11) is 3.08. The maximum Gasteiger partial charge on any atom is 0.332 e. The molecular weight excluding hydrogens is 378 g/mol. The molecule has 0 aliphatic carbocycles. The van der Waals surface area contributed by atoms with Crippen LogP contribution in [0.2, 0.25) is 0 Å². The van der Waals surface area contributed by atoms with Crippen molar-refractivity contribution in [3.63, 3.8) is 0 Å². The van der Waals surface area contributed by atoms with E-state index in [1.54, 1.807) is 29.3 Å². The molecule has 0 radical (unpaired) electrons. The predicted octanol–water partition coefficient (Wildman–Crippen LogP) is 1.25. The van der Waals surface area contributed by atoms with Gasteiger partial charge in [0.1, 0.15) is 0 Å². The number of unbranched alkanes of at least 4 members (excludes halogenated alkanes) is 1. The Bertz CT molecular complexity index is 1150. The summed E-state index contributed by atoms with van der Waals surface area (Å²) in [5.74, 6) is 0.186. The zero-order valence-electron chi connectivity index (χ0n) is 16.1. The van der Waals surface area contributed by atoms with Crippen LogP contribution >= 0.6 is 11.3 Å². The van der Waals surface area contributed by atoms with Gasteiger partial charge in [0.05, 0.1) is 6.33 Å². The van der Waals surface area contributed by atoms with Gasteiger partial charge in [-0.2, -0.15) is 0 Å². The van der Waals surface area contributed by atoms with Crippen molar-refractivity contribution in [2.75, 3.05) is 6.54 Å². The molecule has 0 saturated heterocycles. The van der Waals surface area contributed by atoms with Gasteiger partial charge in [-0.1, -0.05) is 0 Å². The molecule has 3 aromatic heterocycles. The van der Waals surface area contributed by atoms with Crippen molar-refractivity contribution in [2.24, 2.45) is 14.1 Å². The van der Waals surface area contributed by atoms with E-state index < -0.39 is 0 Å². The molecule has 148 valence electrons. The van der Waals surface area contributed by atoms with Crippen LogP contribution in [0.3, 0.4) is 0 Å². The molecule has 0 saturated carbocycles. The molecule has 0 unspecified atom stereocenters. The van der Waals surface area contributed by atoms with Crippen LogP contribution in [0.5, 0.6) is 0 Å². The number of carbonyl (C=O) groups is 1. The SMILES string of the molecule is Cn1c(=O)c2c(ncn2CCCCC(=O)N2CCc3sccc3C2)n(C)c1=O. The van der Waals surface area contributed by atoms with Crippen molar-refractivity contribution >= 4 is 28.4 Å². The minimum absolute atomic E-state index is 0.186. The highest BCUT2D eigenvalue weighted by Gasteiger charge is 2.21. The quantitative estimate of drug-likeness (QED) is 0.603. The van der Waals surface area contributed by atoms with Gasteiger partial charge < -0.3 is 9.47 Å². The number of fused-ring (bicyclic) bond motifs is 2. The molecule has 8 nitrogen and oxygen atoms in total. The van der Waals surface area contributed by atoms with Gasteiger partial charge in [0, 0.05) is 45.0 Å². The second-order valence-corrected chi connectivity index (χ2v) is 8.21. The first-order chi connectivity index (χ1) is 13.5. The molecule has 3 aromatic rings. The fourth-order valence-electron chi connectivity index (χ4n) is 3.74. The Morgan fingerprint density at radius 2 is 2.04 bits per heavy atom. The van der Waals surface area contributed by atoms with Crippen molar-refractivity contribution in [3.05, 3.63) is 49.1 Å². The Balaban J connectivity index is 1.37. The number of carbonyl (C=O) groups excluding carboxylic acids is 1. The lowest BCUT2D eigenvalue weighted by Crippen LogP contribution is -2.37. The van der Waals surface area contributed by atoms with Gasteiger partial charge >= 0.3 is 5.69 Å². The third-order valence-corrected chi connectivity index (χ3v) is 6.44. The summed E-state index contributed by atoms with van der Waals surface area (Å²) in [6.45, 7) is 2.10. The summed E-state index contributed by atoms with van der Waals surface area (Å²) in [4.78, 5) is 44.5. The maximum absolute atomic E-state index is 12.5.